The summed E-state index contributed by atoms with van der Waals surface area (Å²) in [5.41, 5.74) is 1.21. The van der Waals surface area contributed by atoms with Gasteiger partial charge in [-0.3, -0.25) is 4.79 Å². The molecule has 0 radical (unpaired) electrons. The monoisotopic (exact) mass is 204 g/mol. The van der Waals surface area contributed by atoms with Crippen molar-refractivity contribution in [1.29, 1.82) is 0 Å². The number of fused-ring (bicyclic) bond motifs is 1. The minimum absolute atomic E-state index is 0.285. The van der Waals surface area contributed by atoms with E-state index in [1.165, 1.54) is 18.4 Å². The molecule has 0 aliphatic heterocycles. The van der Waals surface area contributed by atoms with Crippen molar-refractivity contribution in [3.63, 3.8) is 0 Å². The Labute approximate surface area is 92.3 Å². The number of ketones is 1. The molecular formula is C14H20O. The van der Waals surface area contributed by atoms with Crippen LogP contribution in [0.2, 0.25) is 0 Å². The summed E-state index contributed by atoms with van der Waals surface area (Å²) >= 11 is 0. The summed E-state index contributed by atoms with van der Waals surface area (Å²) in [5.74, 6) is 2.38. The molecule has 2 aliphatic carbocycles. The topological polar surface area (TPSA) is 17.1 Å². The second-order valence-electron chi connectivity index (χ2n) is 5.32. The molecule has 82 valence electrons. The molecule has 1 heteroatoms. The van der Waals surface area contributed by atoms with Crippen molar-refractivity contribution in [3.8, 4) is 0 Å². The molecule has 0 bridgehead atoms. The maximum atomic E-state index is 11.8. The first-order valence-corrected chi connectivity index (χ1v) is 5.97. The first-order valence-electron chi connectivity index (χ1n) is 5.97. The Morgan fingerprint density at radius 1 is 1.47 bits per heavy atom. The lowest BCUT2D eigenvalue weighted by Gasteiger charge is -2.40. The van der Waals surface area contributed by atoms with Gasteiger partial charge in [0.25, 0.3) is 0 Å². The molecule has 0 aromatic rings. The highest BCUT2D eigenvalue weighted by Crippen LogP contribution is 2.43. The summed E-state index contributed by atoms with van der Waals surface area (Å²) in [6.45, 7) is 8.44. The molecule has 0 saturated heterocycles. The summed E-state index contributed by atoms with van der Waals surface area (Å²) in [5, 5.41) is 0. The van der Waals surface area contributed by atoms with Crippen molar-refractivity contribution in [2.75, 3.05) is 0 Å². The van der Waals surface area contributed by atoms with E-state index >= 15 is 0 Å². The van der Waals surface area contributed by atoms with Crippen molar-refractivity contribution in [3.05, 3.63) is 24.3 Å². The number of rotatable bonds is 1. The molecule has 0 aromatic heterocycles. The molecule has 2 aliphatic rings. The zero-order valence-corrected chi connectivity index (χ0v) is 9.70. The van der Waals surface area contributed by atoms with Crippen LogP contribution in [0.1, 0.15) is 33.1 Å². The van der Waals surface area contributed by atoms with Gasteiger partial charge in [0.15, 0.2) is 5.78 Å². The molecular weight excluding hydrogens is 184 g/mol. The van der Waals surface area contributed by atoms with Crippen molar-refractivity contribution in [1.82, 2.24) is 0 Å². The highest BCUT2D eigenvalue weighted by Gasteiger charge is 2.38. The maximum Gasteiger partial charge on any atom is 0.158 e. The second kappa shape index (κ2) is 3.96. The summed E-state index contributed by atoms with van der Waals surface area (Å²) in [7, 11) is 0. The third-order valence-corrected chi connectivity index (χ3v) is 4.03. The Balaban J connectivity index is 2.25. The zero-order chi connectivity index (χ0) is 11.0. The van der Waals surface area contributed by atoms with E-state index in [1.54, 1.807) is 6.08 Å². The molecule has 0 spiro atoms. The van der Waals surface area contributed by atoms with Crippen LogP contribution >= 0.6 is 0 Å². The normalized spacial score (nSPS) is 40.0. The van der Waals surface area contributed by atoms with E-state index in [0.29, 0.717) is 17.6 Å². The van der Waals surface area contributed by atoms with Crippen molar-refractivity contribution >= 4 is 5.78 Å². The van der Waals surface area contributed by atoms with Gasteiger partial charge in [-0.05, 0) is 44.1 Å². The van der Waals surface area contributed by atoms with Crippen LogP contribution in [0.3, 0.4) is 0 Å². The Morgan fingerprint density at radius 2 is 2.20 bits per heavy atom. The molecule has 1 saturated carbocycles. The van der Waals surface area contributed by atoms with Crippen LogP contribution in [0, 0.1) is 23.7 Å². The standard InChI is InChI=1S/C14H20O/c1-9(2)11-6-7-14(15)12-5-4-10(3)8-13(11)12/h6-7,10-13H,1,4-5,8H2,2-3H3/t10-,11-,12+,13-/m0/s1. The van der Waals surface area contributed by atoms with Gasteiger partial charge in [0.2, 0.25) is 0 Å². The van der Waals surface area contributed by atoms with Gasteiger partial charge in [-0.2, -0.15) is 0 Å². The maximum absolute atomic E-state index is 11.8. The van der Waals surface area contributed by atoms with Gasteiger partial charge in [0.1, 0.15) is 0 Å². The lowest BCUT2D eigenvalue weighted by molar-refractivity contribution is -0.122. The van der Waals surface area contributed by atoms with Crippen LogP contribution in [-0.4, -0.2) is 5.78 Å². The number of carbonyl (C=O) groups excluding carboxylic acids is 1. The molecule has 15 heavy (non-hydrogen) atoms. The smallest absolute Gasteiger partial charge is 0.158 e. The SMILES string of the molecule is C=C(C)[C@@H]1C=CC(=O)[C@@H]2CC[C@H](C)C[C@@H]12. The van der Waals surface area contributed by atoms with E-state index in [1.807, 2.05) is 0 Å². The molecule has 0 unspecified atom stereocenters. The molecule has 0 aromatic carbocycles. The van der Waals surface area contributed by atoms with Gasteiger partial charge < -0.3 is 0 Å². The predicted octanol–water partition coefficient (Wildman–Crippen LogP) is 3.37. The zero-order valence-electron chi connectivity index (χ0n) is 9.70. The fraction of sp³-hybridized carbons (Fsp3) is 0.643. The van der Waals surface area contributed by atoms with Crippen LogP contribution in [0.4, 0.5) is 0 Å². The highest BCUT2D eigenvalue weighted by molar-refractivity contribution is 5.93. The minimum Gasteiger partial charge on any atom is -0.295 e. The molecule has 1 fully saturated rings. The average Bonchev–Trinajstić information content (AvgIpc) is 2.17. The lowest BCUT2D eigenvalue weighted by atomic mass is 9.64. The van der Waals surface area contributed by atoms with Gasteiger partial charge in [0, 0.05) is 11.8 Å². The third kappa shape index (κ3) is 1.92. The van der Waals surface area contributed by atoms with Gasteiger partial charge in [-0.15, -0.1) is 0 Å². The number of hydrogen-bond donors (Lipinski definition) is 0. The van der Waals surface area contributed by atoms with Crippen LogP contribution in [0.5, 0.6) is 0 Å². The number of allylic oxidation sites excluding steroid dienone is 3. The summed E-state index contributed by atoms with van der Waals surface area (Å²) < 4.78 is 0. The molecule has 0 heterocycles. The summed E-state index contributed by atoms with van der Waals surface area (Å²) in [6.07, 6.45) is 7.35. The summed E-state index contributed by atoms with van der Waals surface area (Å²) in [6, 6.07) is 0. The van der Waals surface area contributed by atoms with E-state index in [-0.39, 0.29) is 5.92 Å². The predicted molar refractivity (Wildman–Crippen MR) is 62.4 cm³/mol. The van der Waals surface area contributed by atoms with E-state index < -0.39 is 0 Å². The van der Waals surface area contributed by atoms with Crippen molar-refractivity contribution in [2.24, 2.45) is 23.7 Å². The largest absolute Gasteiger partial charge is 0.295 e. The van der Waals surface area contributed by atoms with E-state index in [9.17, 15) is 4.79 Å². The van der Waals surface area contributed by atoms with E-state index in [0.717, 1.165) is 12.3 Å². The van der Waals surface area contributed by atoms with Crippen LogP contribution < -0.4 is 0 Å². The van der Waals surface area contributed by atoms with E-state index in [2.05, 4.69) is 26.5 Å². The van der Waals surface area contributed by atoms with Crippen LogP contribution in [-0.2, 0) is 4.79 Å². The quantitative estimate of drug-likeness (QED) is 0.598. The molecule has 0 N–H and O–H groups in total. The first-order chi connectivity index (χ1) is 7.09. The molecule has 4 atom stereocenters. The average molecular weight is 204 g/mol. The minimum atomic E-state index is 0.285. The Hall–Kier alpha value is -0.850. The first kappa shape index (κ1) is 10.7. The Bertz CT molecular complexity index is 313. The van der Waals surface area contributed by atoms with Crippen molar-refractivity contribution in [2.45, 2.75) is 33.1 Å². The molecule has 2 rings (SSSR count). The third-order valence-electron chi connectivity index (χ3n) is 4.03. The van der Waals surface area contributed by atoms with Crippen LogP contribution in [0.15, 0.2) is 24.3 Å². The Kier molecular flexibility index (Phi) is 2.81. The van der Waals surface area contributed by atoms with Gasteiger partial charge in [-0.1, -0.05) is 25.2 Å². The second-order valence-corrected chi connectivity index (χ2v) is 5.32. The summed E-state index contributed by atoms with van der Waals surface area (Å²) in [4.78, 5) is 11.8. The molecule has 0 amide bonds. The fourth-order valence-electron chi connectivity index (χ4n) is 3.17. The van der Waals surface area contributed by atoms with Gasteiger partial charge in [0.05, 0.1) is 0 Å². The van der Waals surface area contributed by atoms with Gasteiger partial charge >= 0.3 is 0 Å². The van der Waals surface area contributed by atoms with E-state index in [4.69, 9.17) is 0 Å². The Morgan fingerprint density at radius 3 is 2.87 bits per heavy atom. The van der Waals surface area contributed by atoms with Crippen LogP contribution in [0.25, 0.3) is 0 Å². The fourth-order valence-corrected chi connectivity index (χ4v) is 3.17. The van der Waals surface area contributed by atoms with Crippen molar-refractivity contribution < 1.29 is 4.79 Å². The lowest BCUT2D eigenvalue weighted by Crippen LogP contribution is -2.36. The number of carbonyl (C=O) groups is 1. The number of hydrogen-bond acceptors (Lipinski definition) is 1. The molecule has 1 nitrogen and oxygen atoms in total. The highest BCUT2D eigenvalue weighted by atomic mass is 16.1. The van der Waals surface area contributed by atoms with Gasteiger partial charge in [-0.25, -0.2) is 0 Å².